The van der Waals surface area contributed by atoms with Gasteiger partial charge in [-0.1, -0.05) is 13.8 Å². The molecular weight excluding hydrogens is 226 g/mol. The molecule has 0 aromatic carbocycles. The number of rotatable bonds is 5. The van der Waals surface area contributed by atoms with Crippen LogP contribution in [0.15, 0.2) is 24.4 Å². The fourth-order valence-corrected chi connectivity index (χ4v) is 2.10. The van der Waals surface area contributed by atoms with Gasteiger partial charge in [0, 0.05) is 19.3 Å². The number of amides is 1. The molecule has 0 radical (unpaired) electrons. The van der Waals surface area contributed by atoms with Gasteiger partial charge in [-0.05, 0) is 31.0 Å². The van der Waals surface area contributed by atoms with Crippen LogP contribution in [0.1, 0.15) is 37.2 Å². The lowest BCUT2D eigenvalue weighted by atomic mass is 10.3. The minimum Gasteiger partial charge on any atom is -0.349 e. The van der Waals surface area contributed by atoms with Gasteiger partial charge in [0.2, 0.25) is 0 Å². The number of pyridine rings is 1. The van der Waals surface area contributed by atoms with Crippen molar-refractivity contribution >= 4 is 16.9 Å². The molecule has 2 rings (SSSR count). The highest BCUT2D eigenvalue weighted by Crippen LogP contribution is 2.14. The van der Waals surface area contributed by atoms with Gasteiger partial charge in [0.15, 0.2) is 0 Å². The molecule has 1 amide bonds. The second-order valence-corrected chi connectivity index (χ2v) is 4.41. The quantitative estimate of drug-likeness (QED) is 0.880. The van der Waals surface area contributed by atoms with E-state index in [9.17, 15) is 4.79 Å². The molecule has 0 aliphatic carbocycles. The standard InChI is InChI=1S/C14H19N3O/c1-3-8-17(9-4-2)14(18)13-10-12-11(16-13)6-5-7-15-12/h5-7,10,16H,3-4,8-9H2,1-2H3. The van der Waals surface area contributed by atoms with Crippen molar-refractivity contribution < 1.29 is 4.79 Å². The summed E-state index contributed by atoms with van der Waals surface area (Å²) in [5, 5.41) is 0. The third-order valence-electron chi connectivity index (χ3n) is 2.89. The van der Waals surface area contributed by atoms with E-state index in [2.05, 4.69) is 23.8 Å². The minimum absolute atomic E-state index is 0.0664. The highest BCUT2D eigenvalue weighted by Gasteiger charge is 2.16. The normalized spacial score (nSPS) is 10.8. The van der Waals surface area contributed by atoms with E-state index in [1.165, 1.54) is 0 Å². The smallest absolute Gasteiger partial charge is 0.270 e. The number of nitrogens with zero attached hydrogens (tertiary/aromatic N) is 2. The first-order valence-electron chi connectivity index (χ1n) is 6.49. The van der Waals surface area contributed by atoms with Crippen molar-refractivity contribution in [3.8, 4) is 0 Å². The molecular formula is C14H19N3O. The Balaban J connectivity index is 2.25. The number of nitrogens with one attached hydrogen (secondary N) is 1. The molecule has 2 aromatic heterocycles. The van der Waals surface area contributed by atoms with Crippen molar-refractivity contribution in [1.82, 2.24) is 14.9 Å². The van der Waals surface area contributed by atoms with E-state index in [4.69, 9.17) is 0 Å². The molecule has 0 saturated carbocycles. The molecule has 1 N–H and O–H groups in total. The van der Waals surface area contributed by atoms with Crippen LogP contribution in [0.3, 0.4) is 0 Å². The Bertz CT molecular complexity index is 494. The van der Waals surface area contributed by atoms with Gasteiger partial charge >= 0.3 is 0 Å². The SMILES string of the molecule is CCCN(CCC)C(=O)c1cc2ncccc2[nH]1. The summed E-state index contributed by atoms with van der Waals surface area (Å²) in [6.45, 7) is 5.77. The minimum atomic E-state index is 0.0664. The summed E-state index contributed by atoms with van der Waals surface area (Å²) in [6, 6.07) is 5.63. The van der Waals surface area contributed by atoms with Crippen molar-refractivity contribution in [1.29, 1.82) is 0 Å². The zero-order valence-corrected chi connectivity index (χ0v) is 10.9. The summed E-state index contributed by atoms with van der Waals surface area (Å²) < 4.78 is 0. The number of aromatic amines is 1. The van der Waals surface area contributed by atoms with Crippen molar-refractivity contribution in [2.45, 2.75) is 26.7 Å². The maximum Gasteiger partial charge on any atom is 0.270 e. The molecule has 0 spiro atoms. The number of H-pyrrole nitrogens is 1. The van der Waals surface area contributed by atoms with E-state index in [0.717, 1.165) is 37.0 Å². The predicted octanol–water partition coefficient (Wildman–Crippen LogP) is 2.83. The Hall–Kier alpha value is -1.84. The highest BCUT2D eigenvalue weighted by atomic mass is 16.2. The summed E-state index contributed by atoms with van der Waals surface area (Å²) in [6.07, 6.45) is 3.69. The lowest BCUT2D eigenvalue weighted by Crippen LogP contribution is -2.32. The zero-order chi connectivity index (χ0) is 13.0. The van der Waals surface area contributed by atoms with Crippen LogP contribution < -0.4 is 0 Å². The Morgan fingerprint density at radius 1 is 1.33 bits per heavy atom. The van der Waals surface area contributed by atoms with Crippen molar-refractivity contribution in [2.24, 2.45) is 0 Å². The van der Waals surface area contributed by atoms with Gasteiger partial charge < -0.3 is 9.88 Å². The Morgan fingerprint density at radius 2 is 2.06 bits per heavy atom. The van der Waals surface area contributed by atoms with E-state index in [-0.39, 0.29) is 5.91 Å². The number of fused-ring (bicyclic) bond motifs is 1. The van der Waals surface area contributed by atoms with Crippen molar-refractivity contribution in [3.05, 3.63) is 30.1 Å². The Labute approximate surface area is 107 Å². The molecule has 0 fully saturated rings. The summed E-state index contributed by atoms with van der Waals surface area (Å²) in [5.41, 5.74) is 2.38. The third kappa shape index (κ3) is 2.53. The van der Waals surface area contributed by atoms with E-state index >= 15 is 0 Å². The number of carbonyl (C=O) groups is 1. The topological polar surface area (TPSA) is 49.0 Å². The Kier molecular flexibility index (Phi) is 3.97. The lowest BCUT2D eigenvalue weighted by molar-refractivity contribution is 0.0750. The van der Waals surface area contributed by atoms with Crippen LogP contribution in [0.4, 0.5) is 0 Å². The van der Waals surface area contributed by atoms with Gasteiger partial charge in [0.25, 0.3) is 5.91 Å². The van der Waals surface area contributed by atoms with Crippen LogP contribution in [0, 0.1) is 0 Å². The average molecular weight is 245 g/mol. The second kappa shape index (κ2) is 5.67. The molecule has 96 valence electrons. The molecule has 4 heteroatoms. The summed E-state index contributed by atoms with van der Waals surface area (Å²) in [4.78, 5) is 21.6. The van der Waals surface area contributed by atoms with Gasteiger partial charge in [0.1, 0.15) is 5.69 Å². The number of hydrogen-bond donors (Lipinski definition) is 1. The fraction of sp³-hybridized carbons (Fsp3) is 0.429. The summed E-state index contributed by atoms with van der Waals surface area (Å²) >= 11 is 0. The first-order valence-corrected chi connectivity index (χ1v) is 6.49. The third-order valence-corrected chi connectivity index (χ3v) is 2.89. The molecule has 0 unspecified atom stereocenters. The lowest BCUT2D eigenvalue weighted by Gasteiger charge is -2.20. The van der Waals surface area contributed by atoms with Crippen molar-refractivity contribution in [3.63, 3.8) is 0 Å². The largest absolute Gasteiger partial charge is 0.349 e. The van der Waals surface area contributed by atoms with Gasteiger partial charge in [-0.2, -0.15) is 0 Å². The second-order valence-electron chi connectivity index (χ2n) is 4.41. The number of aromatic nitrogens is 2. The zero-order valence-electron chi connectivity index (χ0n) is 10.9. The molecule has 2 heterocycles. The first kappa shape index (κ1) is 12.6. The van der Waals surface area contributed by atoms with Crippen molar-refractivity contribution in [2.75, 3.05) is 13.1 Å². The van der Waals surface area contributed by atoms with Crippen LogP contribution in [0.5, 0.6) is 0 Å². The predicted molar refractivity (Wildman–Crippen MR) is 72.6 cm³/mol. The molecule has 0 atom stereocenters. The fourth-order valence-electron chi connectivity index (χ4n) is 2.10. The molecule has 0 saturated heterocycles. The molecule has 0 aliphatic rings. The highest BCUT2D eigenvalue weighted by molar-refractivity contribution is 5.97. The molecule has 0 aliphatic heterocycles. The number of carbonyl (C=O) groups excluding carboxylic acids is 1. The van der Waals surface area contributed by atoms with E-state index in [1.54, 1.807) is 6.20 Å². The maximum atomic E-state index is 12.4. The van der Waals surface area contributed by atoms with E-state index in [1.807, 2.05) is 23.1 Å². The van der Waals surface area contributed by atoms with Gasteiger partial charge in [0.05, 0.1) is 11.0 Å². The van der Waals surface area contributed by atoms with E-state index in [0.29, 0.717) is 5.69 Å². The molecule has 2 aromatic rings. The van der Waals surface area contributed by atoms with Crippen LogP contribution in [-0.4, -0.2) is 33.9 Å². The van der Waals surface area contributed by atoms with Crippen LogP contribution in [0.2, 0.25) is 0 Å². The van der Waals surface area contributed by atoms with Crippen LogP contribution in [-0.2, 0) is 0 Å². The van der Waals surface area contributed by atoms with Crippen LogP contribution in [0.25, 0.3) is 11.0 Å². The van der Waals surface area contributed by atoms with Crippen LogP contribution >= 0.6 is 0 Å². The van der Waals surface area contributed by atoms with Gasteiger partial charge in [-0.25, -0.2) is 0 Å². The average Bonchev–Trinajstić information content (AvgIpc) is 2.81. The summed E-state index contributed by atoms with van der Waals surface area (Å²) in [5.74, 6) is 0.0664. The molecule has 18 heavy (non-hydrogen) atoms. The van der Waals surface area contributed by atoms with E-state index < -0.39 is 0 Å². The molecule has 4 nitrogen and oxygen atoms in total. The maximum absolute atomic E-state index is 12.4. The summed E-state index contributed by atoms with van der Waals surface area (Å²) in [7, 11) is 0. The monoisotopic (exact) mass is 245 g/mol. The first-order chi connectivity index (χ1) is 8.76. The van der Waals surface area contributed by atoms with Gasteiger partial charge in [-0.3, -0.25) is 9.78 Å². The Morgan fingerprint density at radius 3 is 2.67 bits per heavy atom. The number of hydrogen-bond acceptors (Lipinski definition) is 2. The molecule has 0 bridgehead atoms. The van der Waals surface area contributed by atoms with Gasteiger partial charge in [-0.15, -0.1) is 0 Å².